The molecule has 0 aliphatic heterocycles. The van der Waals surface area contributed by atoms with Gasteiger partial charge in [-0.3, -0.25) is 0 Å². The number of ether oxygens (including phenoxy) is 1. The van der Waals surface area contributed by atoms with Gasteiger partial charge in [-0.1, -0.05) is 36.4 Å². The Morgan fingerprint density at radius 2 is 1.83 bits per heavy atom. The molecule has 0 aliphatic rings. The Bertz CT molecular complexity index is 1310. The second-order valence-corrected chi connectivity index (χ2v) is 7.37. The van der Waals surface area contributed by atoms with Crippen molar-refractivity contribution in [2.75, 3.05) is 0 Å². The lowest BCUT2D eigenvalue weighted by Crippen LogP contribution is -1.97. The minimum absolute atomic E-state index is 0.226. The third kappa shape index (κ3) is 3.76. The maximum absolute atomic E-state index is 5.92. The number of H-pyrrole nitrogens is 1. The van der Waals surface area contributed by atoms with Crippen molar-refractivity contribution in [1.82, 2.24) is 20.2 Å². The highest BCUT2D eigenvalue weighted by Crippen LogP contribution is 2.25. The Balaban J connectivity index is 1.20. The summed E-state index contributed by atoms with van der Waals surface area (Å²) in [5.41, 5.74) is 4.28. The molecule has 3 heterocycles. The molecule has 0 saturated carbocycles. The topological polar surface area (TPSA) is 76.8 Å². The summed E-state index contributed by atoms with van der Waals surface area (Å²) in [5.74, 6) is 1.83. The molecule has 5 aromatic rings. The number of nitrogens with zero attached hydrogens (tertiary/aromatic N) is 3. The fourth-order valence-electron chi connectivity index (χ4n) is 3.69. The average molecular weight is 398 g/mol. The molecule has 0 radical (unpaired) electrons. The zero-order chi connectivity index (χ0) is 20.3. The zero-order valence-electron chi connectivity index (χ0n) is 16.8. The summed E-state index contributed by atoms with van der Waals surface area (Å²) in [7, 11) is 0. The first-order valence-corrected chi connectivity index (χ1v) is 10.1. The van der Waals surface area contributed by atoms with Gasteiger partial charge in [0.2, 0.25) is 5.89 Å². The lowest BCUT2D eigenvalue weighted by atomic mass is 10.1. The van der Waals surface area contributed by atoms with Crippen LogP contribution in [0.4, 0.5) is 0 Å². The van der Waals surface area contributed by atoms with Crippen LogP contribution in [0.15, 0.2) is 65.2 Å². The SMILES string of the molecule is Cc1ccc2cccc(OCc3nnc(CCCc4c[nH]c5ccccc45)o3)c2n1. The number of aryl methyl sites for hydroxylation is 3. The molecule has 2 aromatic carbocycles. The maximum Gasteiger partial charge on any atom is 0.253 e. The molecule has 0 fully saturated rings. The summed E-state index contributed by atoms with van der Waals surface area (Å²) in [6.07, 6.45) is 4.72. The smallest absolute Gasteiger partial charge is 0.253 e. The first kappa shape index (κ1) is 18.4. The molecule has 150 valence electrons. The zero-order valence-corrected chi connectivity index (χ0v) is 16.8. The van der Waals surface area contributed by atoms with Crippen LogP contribution in [0, 0.1) is 6.92 Å². The molecule has 0 unspecified atom stereocenters. The summed E-state index contributed by atoms with van der Waals surface area (Å²) in [6, 6.07) is 18.3. The first-order chi connectivity index (χ1) is 14.8. The van der Waals surface area contributed by atoms with E-state index in [-0.39, 0.29) is 6.61 Å². The largest absolute Gasteiger partial charge is 0.482 e. The van der Waals surface area contributed by atoms with Crippen molar-refractivity contribution in [3.63, 3.8) is 0 Å². The van der Waals surface area contributed by atoms with Gasteiger partial charge < -0.3 is 14.1 Å². The van der Waals surface area contributed by atoms with E-state index in [0.29, 0.717) is 11.8 Å². The molecule has 0 amide bonds. The molecule has 6 nitrogen and oxygen atoms in total. The molecular weight excluding hydrogens is 376 g/mol. The average Bonchev–Trinajstić information content (AvgIpc) is 3.39. The summed E-state index contributed by atoms with van der Waals surface area (Å²) in [5, 5.41) is 10.6. The predicted octanol–water partition coefficient (Wildman–Crippen LogP) is 5.16. The van der Waals surface area contributed by atoms with Crippen LogP contribution < -0.4 is 4.74 Å². The normalized spacial score (nSPS) is 11.4. The minimum Gasteiger partial charge on any atom is -0.482 e. The van der Waals surface area contributed by atoms with Gasteiger partial charge in [0.15, 0.2) is 6.61 Å². The van der Waals surface area contributed by atoms with E-state index in [4.69, 9.17) is 9.15 Å². The first-order valence-electron chi connectivity index (χ1n) is 10.1. The van der Waals surface area contributed by atoms with Crippen LogP contribution in [0.1, 0.15) is 29.5 Å². The van der Waals surface area contributed by atoms with E-state index in [9.17, 15) is 0 Å². The molecule has 30 heavy (non-hydrogen) atoms. The van der Waals surface area contributed by atoms with Crippen molar-refractivity contribution in [3.05, 3.63) is 83.8 Å². The van der Waals surface area contributed by atoms with Crippen LogP contribution in [-0.4, -0.2) is 20.2 Å². The summed E-state index contributed by atoms with van der Waals surface area (Å²) in [6.45, 7) is 2.20. The summed E-state index contributed by atoms with van der Waals surface area (Å²) < 4.78 is 11.7. The second kappa shape index (κ2) is 7.99. The van der Waals surface area contributed by atoms with E-state index in [1.165, 1.54) is 16.5 Å². The third-order valence-electron chi connectivity index (χ3n) is 5.19. The van der Waals surface area contributed by atoms with Crippen LogP contribution in [0.3, 0.4) is 0 Å². The fraction of sp³-hybridized carbons (Fsp3) is 0.208. The van der Waals surface area contributed by atoms with Gasteiger partial charge in [-0.05, 0) is 43.5 Å². The van der Waals surface area contributed by atoms with Crippen LogP contribution in [0.25, 0.3) is 21.8 Å². The highest BCUT2D eigenvalue weighted by molar-refractivity contribution is 5.84. The van der Waals surface area contributed by atoms with E-state index in [0.717, 1.165) is 41.6 Å². The highest BCUT2D eigenvalue weighted by Gasteiger charge is 2.10. The Morgan fingerprint density at radius 1 is 0.933 bits per heavy atom. The number of aromatic nitrogens is 4. The third-order valence-corrected chi connectivity index (χ3v) is 5.19. The minimum atomic E-state index is 0.226. The van der Waals surface area contributed by atoms with Crippen LogP contribution in [0.5, 0.6) is 5.75 Å². The molecule has 3 aromatic heterocycles. The van der Waals surface area contributed by atoms with Gasteiger partial charge in [-0.25, -0.2) is 4.98 Å². The number of nitrogens with one attached hydrogen (secondary N) is 1. The number of pyridine rings is 1. The summed E-state index contributed by atoms with van der Waals surface area (Å²) in [4.78, 5) is 7.90. The monoisotopic (exact) mass is 398 g/mol. The standard InChI is InChI=1S/C24H22N4O2/c1-16-12-13-17-6-4-10-21(24(17)26-16)29-15-23-28-27-22(30-23)11-5-7-18-14-25-20-9-3-2-8-19(18)20/h2-4,6,8-10,12-14,25H,5,7,11,15H2,1H3. The van der Waals surface area contributed by atoms with Gasteiger partial charge in [0, 0.05) is 34.6 Å². The van der Waals surface area contributed by atoms with Crippen molar-refractivity contribution in [2.45, 2.75) is 32.8 Å². The van der Waals surface area contributed by atoms with E-state index in [1.807, 2.05) is 43.3 Å². The van der Waals surface area contributed by atoms with Crippen LogP contribution in [0.2, 0.25) is 0 Å². The van der Waals surface area contributed by atoms with Gasteiger partial charge in [-0.15, -0.1) is 10.2 Å². The molecule has 0 bridgehead atoms. The Hall–Kier alpha value is -3.67. The van der Waals surface area contributed by atoms with Crippen molar-refractivity contribution in [1.29, 1.82) is 0 Å². The van der Waals surface area contributed by atoms with Crippen molar-refractivity contribution in [3.8, 4) is 5.75 Å². The van der Waals surface area contributed by atoms with Gasteiger partial charge in [0.1, 0.15) is 11.3 Å². The Morgan fingerprint density at radius 3 is 2.80 bits per heavy atom. The number of aromatic amines is 1. The number of benzene rings is 2. The lowest BCUT2D eigenvalue weighted by Gasteiger charge is -2.07. The van der Waals surface area contributed by atoms with Gasteiger partial charge in [-0.2, -0.15) is 0 Å². The fourth-order valence-corrected chi connectivity index (χ4v) is 3.69. The van der Waals surface area contributed by atoms with E-state index >= 15 is 0 Å². The summed E-state index contributed by atoms with van der Waals surface area (Å²) >= 11 is 0. The quantitative estimate of drug-likeness (QED) is 0.410. The Labute approximate surface area is 173 Å². The number of para-hydroxylation sites is 2. The number of fused-ring (bicyclic) bond motifs is 2. The van der Waals surface area contributed by atoms with Gasteiger partial charge in [0.05, 0.1) is 0 Å². The lowest BCUT2D eigenvalue weighted by molar-refractivity contribution is 0.261. The molecule has 0 aliphatic carbocycles. The second-order valence-electron chi connectivity index (χ2n) is 7.37. The van der Waals surface area contributed by atoms with Crippen LogP contribution in [-0.2, 0) is 19.4 Å². The van der Waals surface area contributed by atoms with E-state index in [1.54, 1.807) is 0 Å². The molecule has 6 heteroatoms. The molecule has 0 saturated heterocycles. The molecule has 0 atom stereocenters. The number of rotatable bonds is 7. The van der Waals surface area contributed by atoms with Gasteiger partial charge in [0.25, 0.3) is 5.89 Å². The van der Waals surface area contributed by atoms with Crippen LogP contribution >= 0.6 is 0 Å². The highest BCUT2D eigenvalue weighted by atomic mass is 16.5. The predicted molar refractivity (Wildman–Crippen MR) is 115 cm³/mol. The number of hydrogen-bond acceptors (Lipinski definition) is 5. The maximum atomic E-state index is 5.92. The van der Waals surface area contributed by atoms with Crippen molar-refractivity contribution in [2.24, 2.45) is 0 Å². The van der Waals surface area contributed by atoms with Crippen molar-refractivity contribution < 1.29 is 9.15 Å². The molecule has 5 rings (SSSR count). The van der Waals surface area contributed by atoms with Gasteiger partial charge >= 0.3 is 0 Å². The molecular formula is C24H22N4O2. The molecule has 1 N–H and O–H groups in total. The van der Waals surface area contributed by atoms with Crippen molar-refractivity contribution >= 4 is 21.8 Å². The number of hydrogen-bond donors (Lipinski definition) is 1. The van der Waals surface area contributed by atoms with E-state index in [2.05, 4.69) is 44.6 Å². The Kier molecular flexibility index (Phi) is 4.89. The van der Waals surface area contributed by atoms with E-state index < -0.39 is 0 Å². The molecule has 0 spiro atoms.